The lowest BCUT2D eigenvalue weighted by Gasteiger charge is -2.23. The summed E-state index contributed by atoms with van der Waals surface area (Å²) in [7, 11) is -3.77. The number of nitrogens with two attached hydrogens (primary N) is 1. The molecular weight excluding hydrogens is 406 g/mol. The molecule has 1 heterocycles. The molecule has 9 heteroatoms. The largest absolute Gasteiger partial charge is 0.330 e. The van der Waals surface area contributed by atoms with E-state index in [1.54, 1.807) is 0 Å². The minimum atomic E-state index is -3.77. The second kappa shape index (κ2) is 6.68. The number of benzene rings is 1. The molecule has 0 bridgehead atoms. The van der Waals surface area contributed by atoms with Crippen LogP contribution in [0.3, 0.4) is 0 Å². The maximum atomic E-state index is 13.2. The molecule has 0 saturated carbocycles. The first-order chi connectivity index (χ1) is 9.19. The molecule has 0 radical (unpaired) electrons. The Morgan fingerprint density at radius 2 is 2.14 bits per heavy atom. The fraction of sp³-hybridized carbons (Fsp3) is 0.500. The number of halogens is 4. The molecule has 2 N–H and O–H groups in total. The fourth-order valence-corrected chi connectivity index (χ4v) is 5.60. The predicted octanol–water partition coefficient (Wildman–Crippen LogP) is 3.02. The number of sulfonamides is 1. The molecule has 21 heavy (non-hydrogen) atoms. The van der Waals surface area contributed by atoms with Gasteiger partial charge in [0.05, 0.1) is 5.02 Å². The molecule has 1 aliphatic heterocycles. The van der Waals surface area contributed by atoms with Gasteiger partial charge in [0.15, 0.2) is 0 Å². The van der Waals surface area contributed by atoms with Crippen LogP contribution in [0.5, 0.6) is 0 Å². The van der Waals surface area contributed by atoms with Crippen molar-refractivity contribution in [1.29, 1.82) is 0 Å². The van der Waals surface area contributed by atoms with Gasteiger partial charge < -0.3 is 5.73 Å². The Morgan fingerprint density at radius 3 is 2.62 bits per heavy atom. The van der Waals surface area contributed by atoms with Crippen molar-refractivity contribution >= 4 is 50.0 Å². The number of hydrogen-bond acceptors (Lipinski definition) is 3. The van der Waals surface area contributed by atoms with Gasteiger partial charge in [-0.05, 0) is 46.4 Å². The van der Waals surface area contributed by atoms with Crippen molar-refractivity contribution in [3.8, 4) is 0 Å². The maximum absolute atomic E-state index is 13.2. The molecule has 4 nitrogen and oxygen atoms in total. The Kier molecular flexibility index (Phi) is 6.08. The maximum Gasteiger partial charge on any atom is 0.245 e. The van der Waals surface area contributed by atoms with E-state index in [2.05, 4.69) is 15.9 Å². The summed E-state index contributed by atoms with van der Waals surface area (Å²) in [6.07, 6.45) is 0.694. The summed E-state index contributed by atoms with van der Waals surface area (Å²) in [6, 6.07) is 2.09. The van der Waals surface area contributed by atoms with E-state index in [1.165, 1.54) is 4.31 Å². The van der Waals surface area contributed by atoms with Gasteiger partial charge in [-0.2, -0.15) is 4.31 Å². The lowest BCUT2D eigenvalue weighted by Crippen LogP contribution is -2.34. The third kappa shape index (κ3) is 3.71. The molecule has 0 aliphatic carbocycles. The fourth-order valence-electron chi connectivity index (χ4n) is 2.25. The second-order valence-corrected chi connectivity index (χ2v) is 8.44. The molecule has 0 amide bonds. The van der Waals surface area contributed by atoms with Crippen LogP contribution in [0.2, 0.25) is 5.02 Å². The molecular formula is C12H16BrCl2FN2O2S. The summed E-state index contributed by atoms with van der Waals surface area (Å²) >= 11 is 8.97. The van der Waals surface area contributed by atoms with Crippen LogP contribution in [0.25, 0.3) is 0 Å². The Labute approximate surface area is 143 Å². The number of rotatable bonds is 3. The minimum absolute atomic E-state index is 0. The Hall–Kier alpha value is 0.0800. The van der Waals surface area contributed by atoms with Crippen LogP contribution in [0.15, 0.2) is 21.5 Å². The van der Waals surface area contributed by atoms with Crippen LogP contribution < -0.4 is 5.73 Å². The highest BCUT2D eigenvalue weighted by Crippen LogP contribution is 2.37. The quantitative estimate of drug-likeness (QED) is 0.815. The van der Waals surface area contributed by atoms with Gasteiger partial charge in [0.2, 0.25) is 10.0 Å². The molecule has 1 unspecified atom stereocenters. The van der Waals surface area contributed by atoms with Crippen LogP contribution in [-0.4, -0.2) is 32.4 Å². The first kappa shape index (κ1) is 19.1. The van der Waals surface area contributed by atoms with E-state index < -0.39 is 15.8 Å². The standard InChI is InChI=1S/C12H15BrClFN2O2S.ClH/c1-12(6-16)2-3-17(7-12)20(18,19)11-9(13)4-8(15)5-10(11)14;/h4-5H,2-3,6-7,16H2,1H3;1H. The van der Waals surface area contributed by atoms with Crippen molar-refractivity contribution in [3.05, 3.63) is 27.4 Å². The van der Waals surface area contributed by atoms with Gasteiger partial charge in [-0.25, -0.2) is 12.8 Å². The van der Waals surface area contributed by atoms with Crippen LogP contribution in [0.4, 0.5) is 4.39 Å². The molecule has 1 aliphatic rings. The zero-order valence-corrected chi connectivity index (χ0v) is 15.2. The van der Waals surface area contributed by atoms with Crippen LogP contribution in [0.1, 0.15) is 13.3 Å². The van der Waals surface area contributed by atoms with Gasteiger partial charge in [0.1, 0.15) is 10.7 Å². The van der Waals surface area contributed by atoms with Crippen molar-refractivity contribution in [2.45, 2.75) is 18.2 Å². The van der Waals surface area contributed by atoms with Gasteiger partial charge in [-0.1, -0.05) is 18.5 Å². The monoisotopic (exact) mass is 420 g/mol. The zero-order chi connectivity index (χ0) is 15.1. The Balaban J connectivity index is 0.00000220. The topological polar surface area (TPSA) is 63.4 Å². The third-order valence-electron chi connectivity index (χ3n) is 3.58. The summed E-state index contributed by atoms with van der Waals surface area (Å²) in [6.45, 7) is 3.09. The van der Waals surface area contributed by atoms with Crippen molar-refractivity contribution in [3.63, 3.8) is 0 Å². The van der Waals surface area contributed by atoms with Gasteiger partial charge in [0.25, 0.3) is 0 Å². The van der Waals surface area contributed by atoms with E-state index in [1.807, 2.05) is 6.92 Å². The molecule has 1 atom stereocenters. The van der Waals surface area contributed by atoms with E-state index in [-0.39, 0.29) is 32.2 Å². The molecule has 1 fully saturated rings. The van der Waals surface area contributed by atoms with E-state index in [0.29, 0.717) is 26.1 Å². The smallest absolute Gasteiger partial charge is 0.245 e. The molecule has 1 aromatic rings. The molecule has 1 saturated heterocycles. The average Bonchev–Trinajstić information content (AvgIpc) is 2.71. The van der Waals surface area contributed by atoms with E-state index >= 15 is 0 Å². The summed E-state index contributed by atoms with van der Waals surface area (Å²) in [5, 5.41) is -0.127. The molecule has 0 aromatic heterocycles. The van der Waals surface area contributed by atoms with Crippen molar-refractivity contribution in [1.82, 2.24) is 4.31 Å². The summed E-state index contributed by atoms with van der Waals surface area (Å²) < 4.78 is 40.0. The lowest BCUT2D eigenvalue weighted by molar-refractivity contribution is 0.349. The molecule has 1 aromatic carbocycles. The average molecular weight is 422 g/mol. The summed E-state index contributed by atoms with van der Waals surface area (Å²) in [5.41, 5.74) is 5.46. The highest BCUT2D eigenvalue weighted by atomic mass is 79.9. The highest BCUT2D eigenvalue weighted by molar-refractivity contribution is 9.10. The Morgan fingerprint density at radius 1 is 1.52 bits per heavy atom. The van der Waals surface area contributed by atoms with Crippen molar-refractivity contribution in [2.24, 2.45) is 11.1 Å². The highest BCUT2D eigenvalue weighted by Gasteiger charge is 2.40. The zero-order valence-electron chi connectivity index (χ0n) is 11.3. The van der Waals surface area contributed by atoms with Gasteiger partial charge in [-0.3, -0.25) is 0 Å². The van der Waals surface area contributed by atoms with Gasteiger partial charge >= 0.3 is 0 Å². The first-order valence-electron chi connectivity index (χ1n) is 6.04. The SMILES string of the molecule is CC1(CN)CCN(S(=O)(=O)c2c(Cl)cc(F)cc2Br)C1.Cl. The van der Waals surface area contributed by atoms with Gasteiger partial charge in [0, 0.05) is 17.6 Å². The third-order valence-corrected chi connectivity index (χ3v) is 6.82. The van der Waals surface area contributed by atoms with E-state index in [4.69, 9.17) is 17.3 Å². The molecule has 2 rings (SSSR count). The van der Waals surface area contributed by atoms with Crippen LogP contribution >= 0.6 is 39.9 Å². The first-order valence-corrected chi connectivity index (χ1v) is 8.65. The van der Waals surface area contributed by atoms with Gasteiger partial charge in [-0.15, -0.1) is 12.4 Å². The number of nitrogens with zero attached hydrogens (tertiary/aromatic N) is 1. The van der Waals surface area contributed by atoms with Crippen molar-refractivity contribution < 1.29 is 12.8 Å². The molecule has 0 spiro atoms. The second-order valence-electron chi connectivity index (χ2n) is 5.30. The normalized spacial score (nSPS) is 23.1. The van der Waals surface area contributed by atoms with E-state index in [9.17, 15) is 12.8 Å². The molecule has 120 valence electrons. The van der Waals surface area contributed by atoms with Crippen LogP contribution in [0, 0.1) is 11.2 Å². The van der Waals surface area contributed by atoms with E-state index in [0.717, 1.165) is 12.1 Å². The minimum Gasteiger partial charge on any atom is -0.330 e. The summed E-state index contributed by atoms with van der Waals surface area (Å²) in [4.78, 5) is -0.0955. The lowest BCUT2D eigenvalue weighted by atomic mass is 9.90. The summed E-state index contributed by atoms with van der Waals surface area (Å²) in [5.74, 6) is -0.589. The van der Waals surface area contributed by atoms with Crippen molar-refractivity contribution in [2.75, 3.05) is 19.6 Å². The number of hydrogen-bond donors (Lipinski definition) is 1. The predicted molar refractivity (Wildman–Crippen MR) is 86.9 cm³/mol. The van der Waals surface area contributed by atoms with Crippen LogP contribution in [-0.2, 0) is 10.0 Å². The Bertz CT molecular complexity index is 621.